The zero-order valence-electron chi connectivity index (χ0n) is 14.5. The molecule has 1 aliphatic rings. The van der Waals surface area contributed by atoms with E-state index in [-0.39, 0.29) is 22.6 Å². The summed E-state index contributed by atoms with van der Waals surface area (Å²) < 4.78 is 32.6. The van der Waals surface area contributed by atoms with Gasteiger partial charge in [0.25, 0.3) is 5.91 Å². The molecule has 24 heavy (non-hydrogen) atoms. The molecule has 134 valence electrons. The van der Waals surface area contributed by atoms with Crippen molar-refractivity contribution >= 4 is 15.9 Å². The Kier molecular flexibility index (Phi) is 6.23. The molecule has 0 bridgehead atoms. The highest BCUT2D eigenvalue weighted by atomic mass is 32.2. The molecular formula is C17H26N2O4S. The first-order valence-electron chi connectivity index (χ1n) is 8.39. The summed E-state index contributed by atoms with van der Waals surface area (Å²) in [5.41, 5.74) is 0.326. The number of methoxy groups -OCH3 is 1. The minimum atomic E-state index is -3.67. The zero-order valence-corrected chi connectivity index (χ0v) is 15.4. The summed E-state index contributed by atoms with van der Waals surface area (Å²) in [6, 6.07) is 4.58. The van der Waals surface area contributed by atoms with E-state index in [1.165, 1.54) is 17.5 Å². The van der Waals surface area contributed by atoms with Gasteiger partial charge in [0.1, 0.15) is 10.6 Å². The quantitative estimate of drug-likeness (QED) is 0.851. The largest absolute Gasteiger partial charge is 0.495 e. The smallest absolute Gasteiger partial charge is 0.251 e. The molecule has 1 N–H and O–H groups in total. The number of benzene rings is 1. The van der Waals surface area contributed by atoms with E-state index in [9.17, 15) is 13.2 Å². The van der Waals surface area contributed by atoms with Crippen LogP contribution in [0.2, 0.25) is 0 Å². The maximum Gasteiger partial charge on any atom is 0.251 e. The molecule has 0 unspecified atom stereocenters. The molecule has 1 aromatic rings. The van der Waals surface area contributed by atoms with Crippen LogP contribution in [0.5, 0.6) is 5.75 Å². The molecule has 1 atom stereocenters. The van der Waals surface area contributed by atoms with Crippen LogP contribution in [0.3, 0.4) is 0 Å². The molecule has 0 saturated carbocycles. The van der Waals surface area contributed by atoms with Gasteiger partial charge in [0.2, 0.25) is 10.0 Å². The lowest BCUT2D eigenvalue weighted by Crippen LogP contribution is -2.36. The average Bonchev–Trinajstić information content (AvgIpc) is 2.61. The number of carbonyl (C=O) groups is 1. The van der Waals surface area contributed by atoms with E-state index >= 15 is 0 Å². The van der Waals surface area contributed by atoms with Crippen molar-refractivity contribution in [3.8, 4) is 5.75 Å². The summed E-state index contributed by atoms with van der Waals surface area (Å²) in [5, 5.41) is 2.85. The van der Waals surface area contributed by atoms with E-state index in [1.54, 1.807) is 12.1 Å². The van der Waals surface area contributed by atoms with Crippen molar-refractivity contribution in [2.45, 2.75) is 50.5 Å². The number of amides is 1. The van der Waals surface area contributed by atoms with Crippen molar-refractivity contribution in [2.24, 2.45) is 0 Å². The summed E-state index contributed by atoms with van der Waals surface area (Å²) in [7, 11) is -2.23. The van der Waals surface area contributed by atoms with Gasteiger partial charge in [0, 0.05) is 24.7 Å². The number of hydrogen-bond acceptors (Lipinski definition) is 4. The van der Waals surface area contributed by atoms with Crippen molar-refractivity contribution in [1.29, 1.82) is 0 Å². The van der Waals surface area contributed by atoms with E-state index in [4.69, 9.17) is 4.74 Å². The fourth-order valence-corrected chi connectivity index (χ4v) is 4.37. The zero-order chi connectivity index (χ0) is 17.7. The lowest BCUT2D eigenvalue weighted by Gasteiger charge is -2.26. The first-order valence-corrected chi connectivity index (χ1v) is 9.83. The minimum Gasteiger partial charge on any atom is -0.495 e. The SMILES string of the molecule is CC[C@H](C)NC(=O)c1ccc(OC)c(S(=O)(=O)N2CCCCC2)c1. The summed E-state index contributed by atoms with van der Waals surface area (Å²) in [6.07, 6.45) is 3.56. The first-order chi connectivity index (χ1) is 11.4. The standard InChI is InChI=1S/C17H26N2O4S/c1-4-13(2)18-17(20)14-8-9-15(23-3)16(12-14)24(21,22)19-10-6-5-7-11-19/h8-9,12-13H,4-7,10-11H2,1-3H3,(H,18,20)/t13-/m0/s1. The van der Waals surface area contributed by atoms with E-state index in [0.717, 1.165) is 25.7 Å². The molecule has 6 nitrogen and oxygen atoms in total. The molecule has 1 heterocycles. The summed E-state index contributed by atoms with van der Waals surface area (Å²) in [5.74, 6) is -0.0113. The third kappa shape index (κ3) is 4.08. The highest BCUT2D eigenvalue weighted by molar-refractivity contribution is 7.89. The number of carbonyl (C=O) groups excluding carboxylic acids is 1. The number of ether oxygens (including phenoxy) is 1. The molecule has 1 amide bonds. The Balaban J connectivity index is 2.37. The van der Waals surface area contributed by atoms with Gasteiger partial charge in [-0.05, 0) is 44.4 Å². The molecule has 0 radical (unpaired) electrons. The van der Waals surface area contributed by atoms with Crippen molar-refractivity contribution < 1.29 is 17.9 Å². The molecule has 0 spiro atoms. The number of sulfonamides is 1. The van der Waals surface area contributed by atoms with Gasteiger partial charge < -0.3 is 10.1 Å². The van der Waals surface area contributed by atoms with Gasteiger partial charge in [-0.25, -0.2) is 8.42 Å². The fraction of sp³-hybridized carbons (Fsp3) is 0.588. The molecule has 2 rings (SSSR count). The van der Waals surface area contributed by atoms with Crippen LogP contribution in [0, 0.1) is 0 Å². The van der Waals surface area contributed by atoms with Crippen LogP contribution >= 0.6 is 0 Å². The van der Waals surface area contributed by atoms with Crippen LogP contribution in [0.25, 0.3) is 0 Å². The summed E-state index contributed by atoms with van der Waals surface area (Å²) in [6.45, 7) is 4.90. The molecule has 1 aliphatic heterocycles. The van der Waals surface area contributed by atoms with Gasteiger partial charge in [0.15, 0.2) is 0 Å². The molecule has 1 aromatic carbocycles. The average molecular weight is 354 g/mol. The predicted molar refractivity (Wildman–Crippen MR) is 92.8 cm³/mol. The van der Waals surface area contributed by atoms with Gasteiger partial charge in [-0.1, -0.05) is 13.3 Å². The number of piperidine rings is 1. The Bertz CT molecular complexity index is 682. The third-order valence-electron chi connectivity index (χ3n) is 4.35. The Morgan fingerprint density at radius 3 is 2.54 bits per heavy atom. The monoisotopic (exact) mass is 354 g/mol. The van der Waals surface area contributed by atoms with Crippen LogP contribution in [0.1, 0.15) is 49.9 Å². The maximum atomic E-state index is 12.9. The van der Waals surface area contributed by atoms with E-state index < -0.39 is 10.0 Å². The van der Waals surface area contributed by atoms with Crippen molar-refractivity contribution in [3.05, 3.63) is 23.8 Å². The van der Waals surface area contributed by atoms with Gasteiger partial charge in [-0.15, -0.1) is 0 Å². The van der Waals surface area contributed by atoms with Crippen LogP contribution in [0.15, 0.2) is 23.1 Å². The highest BCUT2D eigenvalue weighted by Crippen LogP contribution is 2.29. The second-order valence-corrected chi connectivity index (χ2v) is 8.02. The molecular weight excluding hydrogens is 328 g/mol. The normalized spacial score (nSPS) is 17.3. The Hall–Kier alpha value is -1.60. The van der Waals surface area contributed by atoms with Crippen molar-refractivity contribution in [1.82, 2.24) is 9.62 Å². The fourth-order valence-electron chi connectivity index (χ4n) is 2.67. The van der Waals surface area contributed by atoms with Crippen LogP contribution in [-0.2, 0) is 10.0 Å². The lowest BCUT2D eigenvalue weighted by molar-refractivity contribution is 0.0939. The highest BCUT2D eigenvalue weighted by Gasteiger charge is 2.29. The molecule has 7 heteroatoms. The second-order valence-electron chi connectivity index (χ2n) is 6.11. The Labute approximate surface area is 144 Å². The van der Waals surface area contributed by atoms with Gasteiger partial charge >= 0.3 is 0 Å². The number of hydrogen-bond donors (Lipinski definition) is 1. The van der Waals surface area contributed by atoms with E-state index in [1.807, 2.05) is 13.8 Å². The lowest BCUT2D eigenvalue weighted by atomic mass is 10.2. The maximum absolute atomic E-state index is 12.9. The second kappa shape index (κ2) is 7.98. The predicted octanol–water partition coefficient (Wildman–Crippen LogP) is 2.40. The Morgan fingerprint density at radius 2 is 1.96 bits per heavy atom. The molecule has 1 saturated heterocycles. The van der Waals surface area contributed by atoms with Crippen LogP contribution < -0.4 is 10.1 Å². The number of nitrogens with one attached hydrogen (secondary N) is 1. The van der Waals surface area contributed by atoms with Gasteiger partial charge in [-0.2, -0.15) is 4.31 Å². The molecule has 0 aromatic heterocycles. The first kappa shape index (κ1) is 18.7. The topological polar surface area (TPSA) is 75.7 Å². The molecule has 1 fully saturated rings. The van der Waals surface area contributed by atoms with Gasteiger partial charge in [-0.3, -0.25) is 4.79 Å². The minimum absolute atomic E-state index is 0.0294. The third-order valence-corrected chi connectivity index (χ3v) is 6.27. The van der Waals surface area contributed by atoms with Crippen molar-refractivity contribution in [3.63, 3.8) is 0 Å². The summed E-state index contributed by atoms with van der Waals surface area (Å²) >= 11 is 0. The van der Waals surface area contributed by atoms with Gasteiger partial charge in [0.05, 0.1) is 7.11 Å². The van der Waals surface area contributed by atoms with E-state index in [0.29, 0.717) is 18.7 Å². The summed E-state index contributed by atoms with van der Waals surface area (Å²) in [4.78, 5) is 12.4. The van der Waals surface area contributed by atoms with Crippen molar-refractivity contribution in [2.75, 3.05) is 20.2 Å². The number of rotatable bonds is 6. The number of nitrogens with zero attached hydrogens (tertiary/aromatic N) is 1. The molecule has 0 aliphatic carbocycles. The van der Waals surface area contributed by atoms with Crippen LogP contribution in [0.4, 0.5) is 0 Å². The van der Waals surface area contributed by atoms with E-state index in [2.05, 4.69) is 5.32 Å². The van der Waals surface area contributed by atoms with Crippen LogP contribution in [-0.4, -0.2) is 44.9 Å². The Morgan fingerprint density at radius 1 is 1.29 bits per heavy atom.